The van der Waals surface area contributed by atoms with Gasteiger partial charge in [-0.15, -0.1) is 0 Å². The predicted octanol–water partition coefficient (Wildman–Crippen LogP) is 2.95. The molecule has 0 radical (unpaired) electrons. The van der Waals surface area contributed by atoms with Crippen molar-refractivity contribution in [2.24, 2.45) is 0 Å². The van der Waals surface area contributed by atoms with Crippen molar-refractivity contribution in [1.29, 1.82) is 0 Å². The summed E-state index contributed by atoms with van der Waals surface area (Å²) in [5, 5.41) is 3.86. The molecule has 0 fully saturated rings. The van der Waals surface area contributed by atoms with E-state index in [-0.39, 0.29) is 5.91 Å². The van der Waals surface area contributed by atoms with E-state index < -0.39 is 12.0 Å². The SMILES string of the molecule is CCCCCC(=O)NC(Cc1c[nH]c2ccccc12)C(=O)OC. The van der Waals surface area contributed by atoms with E-state index in [9.17, 15) is 9.59 Å². The van der Waals surface area contributed by atoms with Crippen LogP contribution in [0.4, 0.5) is 0 Å². The molecule has 1 heterocycles. The van der Waals surface area contributed by atoms with Gasteiger partial charge >= 0.3 is 5.97 Å². The minimum atomic E-state index is -0.659. The van der Waals surface area contributed by atoms with E-state index in [0.29, 0.717) is 12.8 Å². The average Bonchev–Trinajstić information content (AvgIpc) is 2.97. The number of para-hydroxylation sites is 1. The molecule has 1 aromatic carbocycles. The first-order chi connectivity index (χ1) is 11.2. The van der Waals surface area contributed by atoms with Gasteiger partial charge in [0.15, 0.2) is 0 Å². The number of benzene rings is 1. The number of unbranched alkanes of at least 4 members (excludes halogenated alkanes) is 2. The number of nitrogens with one attached hydrogen (secondary N) is 2. The van der Waals surface area contributed by atoms with Crippen LogP contribution in [0, 0.1) is 0 Å². The second-order valence-electron chi connectivity index (χ2n) is 5.66. The van der Waals surface area contributed by atoms with Crippen LogP contribution >= 0.6 is 0 Å². The number of H-pyrrole nitrogens is 1. The monoisotopic (exact) mass is 316 g/mol. The third kappa shape index (κ3) is 4.58. The Bertz CT molecular complexity index is 663. The van der Waals surface area contributed by atoms with Gasteiger partial charge in [0.25, 0.3) is 0 Å². The Morgan fingerprint density at radius 2 is 2.04 bits per heavy atom. The number of hydrogen-bond donors (Lipinski definition) is 2. The van der Waals surface area contributed by atoms with Crippen LogP contribution in [0.3, 0.4) is 0 Å². The van der Waals surface area contributed by atoms with Crippen LogP contribution in [0.2, 0.25) is 0 Å². The smallest absolute Gasteiger partial charge is 0.328 e. The summed E-state index contributed by atoms with van der Waals surface area (Å²) in [5.41, 5.74) is 2.00. The first-order valence-electron chi connectivity index (χ1n) is 8.08. The molecule has 0 aliphatic carbocycles. The maximum absolute atomic E-state index is 12.0. The molecule has 2 rings (SSSR count). The van der Waals surface area contributed by atoms with Crippen molar-refractivity contribution in [2.75, 3.05) is 7.11 Å². The van der Waals surface area contributed by atoms with Crippen molar-refractivity contribution in [2.45, 2.75) is 45.1 Å². The summed E-state index contributed by atoms with van der Waals surface area (Å²) in [5.74, 6) is -0.521. The van der Waals surface area contributed by atoms with Gasteiger partial charge in [-0.2, -0.15) is 0 Å². The van der Waals surface area contributed by atoms with E-state index in [1.54, 1.807) is 0 Å². The zero-order chi connectivity index (χ0) is 16.7. The predicted molar refractivity (Wildman–Crippen MR) is 90.1 cm³/mol. The first kappa shape index (κ1) is 17.1. The van der Waals surface area contributed by atoms with Gasteiger partial charge in [-0.05, 0) is 18.1 Å². The Labute approximate surface area is 136 Å². The van der Waals surface area contributed by atoms with Crippen molar-refractivity contribution < 1.29 is 14.3 Å². The Kier molecular flexibility index (Phi) is 6.20. The quantitative estimate of drug-likeness (QED) is 0.581. The van der Waals surface area contributed by atoms with E-state index in [1.165, 1.54) is 7.11 Å². The molecule has 23 heavy (non-hydrogen) atoms. The molecule has 0 spiro atoms. The summed E-state index contributed by atoms with van der Waals surface area (Å²) in [7, 11) is 1.34. The lowest BCUT2D eigenvalue weighted by molar-refractivity contribution is -0.145. The van der Waals surface area contributed by atoms with Crippen LogP contribution in [-0.2, 0) is 20.7 Å². The van der Waals surface area contributed by atoms with E-state index in [4.69, 9.17) is 4.74 Å². The molecule has 2 aromatic rings. The largest absolute Gasteiger partial charge is 0.467 e. The van der Waals surface area contributed by atoms with Crippen LogP contribution in [0.1, 0.15) is 38.2 Å². The van der Waals surface area contributed by atoms with Crippen LogP contribution < -0.4 is 5.32 Å². The van der Waals surface area contributed by atoms with E-state index in [0.717, 1.165) is 35.7 Å². The molecule has 5 heteroatoms. The Morgan fingerprint density at radius 3 is 2.78 bits per heavy atom. The molecule has 0 aliphatic rings. The summed E-state index contributed by atoms with van der Waals surface area (Å²) >= 11 is 0. The number of ether oxygens (including phenoxy) is 1. The first-order valence-corrected chi connectivity index (χ1v) is 8.08. The number of rotatable bonds is 8. The van der Waals surface area contributed by atoms with Crippen molar-refractivity contribution >= 4 is 22.8 Å². The summed E-state index contributed by atoms with van der Waals surface area (Å²) < 4.78 is 4.84. The Morgan fingerprint density at radius 1 is 1.26 bits per heavy atom. The summed E-state index contributed by atoms with van der Waals surface area (Å²) in [4.78, 5) is 27.2. The van der Waals surface area contributed by atoms with Gasteiger partial charge in [-0.3, -0.25) is 4.79 Å². The van der Waals surface area contributed by atoms with Gasteiger partial charge in [0.1, 0.15) is 6.04 Å². The molecule has 0 bridgehead atoms. The van der Waals surface area contributed by atoms with Crippen LogP contribution in [0.15, 0.2) is 30.5 Å². The molecule has 1 aromatic heterocycles. The van der Waals surface area contributed by atoms with E-state index in [2.05, 4.69) is 17.2 Å². The molecule has 1 atom stereocenters. The molecule has 0 saturated carbocycles. The van der Waals surface area contributed by atoms with Gasteiger partial charge in [0.05, 0.1) is 7.11 Å². The molecule has 0 saturated heterocycles. The molecule has 124 valence electrons. The summed E-state index contributed by atoms with van der Waals surface area (Å²) in [6.45, 7) is 2.09. The second-order valence-corrected chi connectivity index (χ2v) is 5.66. The number of carbonyl (C=O) groups is 2. The number of hydrogen-bond acceptors (Lipinski definition) is 3. The molecule has 1 amide bonds. The van der Waals surface area contributed by atoms with Gasteiger partial charge in [-0.1, -0.05) is 38.0 Å². The number of fused-ring (bicyclic) bond motifs is 1. The number of aromatic nitrogens is 1. The fourth-order valence-electron chi connectivity index (χ4n) is 2.66. The van der Waals surface area contributed by atoms with Crippen molar-refractivity contribution in [3.05, 3.63) is 36.0 Å². The van der Waals surface area contributed by atoms with E-state index >= 15 is 0 Å². The number of amides is 1. The molecular weight excluding hydrogens is 292 g/mol. The Balaban J connectivity index is 2.06. The zero-order valence-corrected chi connectivity index (χ0v) is 13.7. The highest BCUT2D eigenvalue weighted by Crippen LogP contribution is 2.19. The maximum Gasteiger partial charge on any atom is 0.328 e. The summed E-state index contributed by atoms with van der Waals surface area (Å²) in [6.07, 6.45) is 5.64. The van der Waals surface area contributed by atoms with Crippen LogP contribution in [-0.4, -0.2) is 30.0 Å². The van der Waals surface area contributed by atoms with Gasteiger partial charge in [0.2, 0.25) is 5.91 Å². The maximum atomic E-state index is 12.0. The minimum absolute atomic E-state index is 0.103. The third-order valence-corrected chi connectivity index (χ3v) is 3.93. The van der Waals surface area contributed by atoms with Gasteiger partial charge < -0.3 is 15.0 Å². The van der Waals surface area contributed by atoms with E-state index in [1.807, 2.05) is 30.5 Å². The van der Waals surface area contributed by atoms with Crippen molar-refractivity contribution in [3.8, 4) is 0 Å². The number of methoxy groups -OCH3 is 1. The zero-order valence-electron chi connectivity index (χ0n) is 13.7. The highest BCUT2D eigenvalue weighted by molar-refractivity contribution is 5.87. The fourth-order valence-corrected chi connectivity index (χ4v) is 2.66. The van der Waals surface area contributed by atoms with Crippen molar-refractivity contribution in [1.82, 2.24) is 10.3 Å². The number of esters is 1. The Hall–Kier alpha value is -2.30. The number of aromatic amines is 1. The lowest BCUT2D eigenvalue weighted by atomic mass is 10.0. The highest BCUT2D eigenvalue weighted by Gasteiger charge is 2.23. The van der Waals surface area contributed by atoms with Gasteiger partial charge in [0, 0.05) is 29.9 Å². The molecule has 1 unspecified atom stereocenters. The minimum Gasteiger partial charge on any atom is -0.467 e. The van der Waals surface area contributed by atoms with Gasteiger partial charge in [-0.25, -0.2) is 4.79 Å². The fraction of sp³-hybridized carbons (Fsp3) is 0.444. The molecule has 2 N–H and O–H groups in total. The summed E-state index contributed by atoms with van der Waals surface area (Å²) in [6, 6.07) is 7.23. The van der Waals surface area contributed by atoms with Crippen LogP contribution in [0.25, 0.3) is 10.9 Å². The number of carbonyl (C=O) groups excluding carboxylic acids is 2. The normalized spacial score (nSPS) is 12.1. The lowest BCUT2D eigenvalue weighted by Crippen LogP contribution is -2.42. The second kappa shape index (κ2) is 8.36. The molecule has 0 aliphatic heterocycles. The lowest BCUT2D eigenvalue weighted by Gasteiger charge is -2.16. The van der Waals surface area contributed by atoms with Crippen molar-refractivity contribution in [3.63, 3.8) is 0 Å². The molecular formula is C18H24N2O3. The molecule has 5 nitrogen and oxygen atoms in total. The standard InChI is InChI=1S/C18H24N2O3/c1-3-4-5-10-17(21)20-16(18(22)23-2)11-13-12-19-15-9-7-6-8-14(13)15/h6-9,12,16,19H,3-5,10-11H2,1-2H3,(H,20,21). The van der Waals surface area contributed by atoms with Crippen LogP contribution in [0.5, 0.6) is 0 Å². The third-order valence-electron chi connectivity index (χ3n) is 3.93. The average molecular weight is 316 g/mol. The topological polar surface area (TPSA) is 71.2 Å². The highest BCUT2D eigenvalue weighted by atomic mass is 16.5.